The van der Waals surface area contributed by atoms with Gasteiger partial charge in [-0.25, -0.2) is 4.68 Å². The van der Waals surface area contributed by atoms with E-state index in [4.69, 9.17) is 19.3 Å². The summed E-state index contributed by atoms with van der Waals surface area (Å²) in [5.74, 6) is 1.34. The molecule has 10 nitrogen and oxygen atoms in total. The zero-order valence-corrected chi connectivity index (χ0v) is 18.8. The molecule has 10 heteroatoms. The van der Waals surface area contributed by atoms with E-state index in [1.165, 1.54) is 0 Å². The second-order valence-electron chi connectivity index (χ2n) is 7.73. The highest BCUT2D eigenvalue weighted by atomic mass is 16.5. The summed E-state index contributed by atoms with van der Waals surface area (Å²) in [5.41, 5.74) is 3.72. The first kappa shape index (κ1) is 22.0. The molecule has 0 N–H and O–H groups in total. The van der Waals surface area contributed by atoms with Crippen LogP contribution < -0.4 is 4.74 Å². The number of morpholine rings is 1. The van der Waals surface area contributed by atoms with E-state index < -0.39 is 0 Å². The highest BCUT2D eigenvalue weighted by molar-refractivity contribution is 5.78. The summed E-state index contributed by atoms with van der Waals surface area (Å²) >= 11 is 0. The number of hydrogen-bond donors (Lipinski definition) is 0. The lowest BCUT2D eigenvalue weighted by molar-refractivity contribution is -0.145. The Morgan fingerprint density at radius 3 is 2.91 bits per heavy atom. The topological polar surface area (TPSA) is 96.5 Å². The summed E-state index contributed by atoms with van der Waals surface area (Å²) in [4.78, 5) is 14.9. The summed E-state index contributed by atoms with van der Waals surface area (Å²) in [6.45, 7) is 5.57. The molecular weight excluding hydrogens is 412 g/mol. The third-order valence-corrected chi connectivity index (χ3v) is 5.69. The van der Waals surface area contributed by atoms with E-state index in [1.807, 2.05) is 54.7 Å². The number of hydrogen-bond acceptors (Lipinski definition) is 7. The number of rotatable bonds is 7. The van der Waals surface area contributed by atoms with Gasteiger partial charge in [-0.1, -0.05) is 6.07 Å². The molecule has 170 valence electrons. The van der Waals surface area contributed by atoms with Crippen LogP contribution in [0.25, 0.3) is 5.69 Å². The molecule has 0 aliphatic carbocycles. The van der Waals surface area contributed by atoms with E-state index >= 15 is 0 Å². The number of carbonyl (C=O) groups excluding carboxylic acids is 1. The van der Waals surface area contributed by atoms with Gasteiger partial charge in [-0.05, 0) is 26.0 Å². The average molecular weight is 441 g/mol. The molecule has 3 heterocycles. The minimum Gasteiger partial charge on any atom is -0.497 e. The summed E-state index contributed by atoms with van der Waals surface area (Å²) in [5, 5.41) is 12.5. The van der Waals surface area contributed by atoms with Crippen LogP contribution >= 0.6 is 0 Å². The Bertz CT molecular complexity index is 1090. The number of nitrogens with zero attached hydrogens (tertiary/aromatic N) is 6. The Morgan fingerprint density at radius 2 is 2.16 bits per heavy atom. The minimum absolute atomic E-state index is 0.0362. The van der Waals surface area contributed by atoms with E-state index in [9.17, 15) is 4.79 Å². The van der Waals surface area contributed by atoms with Crippen LogP contribution in [0.5, 0.6) is 5.75 Å². The minimum atomic E-state index is -0.228. The SMILES string of the molecule is COc1cccc(-n2nc(C)c(C3COCCN3C(=O)COCc3nncn3C)c2C)c1. The molecule has 1 saturated heterocycles. The fourth-order valence-corrected chi connectivity index (χ4v) is 4.02. The summed E-state index contributed by atoms with van der Waals surface area (Å²) in [6, 6.07) is 7.51. The van der Waals surface area contributed by atoms with Gasteiger partial charge in [-0.3, -0.25) is 4.79 Å². The van der Waals surface area contributed by atoms with E-state index in [0.717, 1.165) is 28.4 Å². The maximum Gasteiger partial charge on any atom is 0.249 e. The quantitative estimate of drug-likeness (QED) is 0.552. The maximum absolute atomic E-state index is 13.0. The van der Waals surface area contributed by atoms with Gasteiger partial charge < -0.3 is 23.7 Å². The van der Waals surface area contributed by atoms with Gasteiger partial charge in [0.25, 0.3) is 0 Å². The summed E-state index contributed by atoms with van der Waals surface area (Å²) < 4.78 is 20.4. The Hall–Kier alpha value is -3.24. The molecule has 1 atom stereocenters. The fourth-order valence-electron chi connectivity index (χ4n) is 4.02. The van der Waals surface area contributed by atoms with Crippen LogP contribution in [-0.4, -0.2) is 68.8 Å². The zero-order valence-electron chi connectivity index (χ0n) is 18.8. The molecule has 1 amide bonds. The Morgan fingerprint density at radius 1 is 1.31 bits per heavy atom. The van der Waals surface area contributed by atoms with Crippen LogP contribution in [0.3, 0.4) is 0 Å². The number of carbonyl (C=O) groups is 1. The van der Waals surface area contributed by atoms with Crippen molar-refractivity contribution in [2.45, 2.75) is 26.5 Å². The molecule has 32 heavy (non-hydrogen) atoms. The zero-order chi connectivity index (χ0) is 22.7. The van der Waals surface area contributed by atoms with Crippen LogP contribution in [-0.2, 0) is 27.9 Å². The largest absolute Gasteiger partial charge is 0.497 e. The monoisotopic (exact) mass is 440 g/mol. The summed E-state index contributed by atoms with van der Waals surface area (Å²) in [6.07, 6.45) is 1.60. The van der Waals surface area contributed by atoms with Gasteiger partial charge in [-0.15, -0.1) is 10.2 Å². The van der Waals surface area contributed by atoms with Gasteiger partial charge in [0.1, 0.15) is 25.3 Å². The molecule has 1 aliphatic heterocycles. The van der Waals surface area contributed by atoms with Gasteiger partial charge in [0.2, 0.25) is 5.91 Å². The lowest BCUT2D eigenvalue weighted by Gasteiger charge is -2.36. The van der Waals surface area contributed by atoms with Crippen molar-refractivity contribution in [1.82, 2.24) is 29.4 Å². The Balaban J connectivity index is 1.53. The maximum atomic E-state index is 13.0. The van der Waals surface area contributed by atoms with E-state index in [1.54, 1.807) is 18.0 Å². The molecule has 0 radical (unpaired) electrons. The predicted octanol–water partition coefficient (Wildman–Crippen LogP) is 1.74. The van der Waals surface area contributed by atoms with Crippen molar-refractivity contribution < 1.29 is 19.0 Å². The molecule has 1 aliphatic rings. The number of methoxy groups -OCH3 is 1. The molecule has 0 spiro atoms. The number of amides is 1. The normalized spacial score (nSPS) is 16.4. The number of aryl methyl sites for hydroxylation is 2. The van der Waals surface area contributed by atoms with E-state index in [0.29, 0.717) is 25.6 Å². The predicted molar refractivity (Wildman–Crippen MR) is 116 cm³/mol. The van der Waals surface area contributed by atoms with Crippen LogP contribution in [0.15, 0.2) is 30.6 Å². The van der Waals surface area contributed by atoms with Crippen molar-refractivity contribution in [2.75, 3.05) is 33.5 Å². The van der Waals surface area contributed by atoms with Gasteiger partial charge >= 0.3 is 0 Å². The van der Waals surface area contributed by atoms with Crippen molar-refractivity contribution in [2.24, 2.45) is 7.05 Å². The van der Waals surface area contributed by atoms with Crippen molar-refractivity contribution in [3.05, 3.63) is 53.4 Å². The van der Waals surface area contributed by atoms with Crippen molar-refractivity contribution in [3.8, 4) is 11.4 Å². The van der Waals surface area contributed by atoms with Gasteiger partial charge in [-0.2, -0.15) is 5.10 Å². The number of aromatic nitrogens is 5. The number of benzene rings is 1. The smallest absolute Gasteiger partial charge is 0.249 e. The van der Waals surface area contributed by atoms with Crippen LogP contribution in [0.2, 0.25) is 0 Å². The molecule has 2 aromatic heterocycles. The molecule has 1 fully saturated rings. The molecule has 0 saturated carbocycles. The van der Waals surface area contributed by atoms with Crippen LogP contribution in [0.4, 0.5) is 0 Å². The average Bonchev–Trinajstić information content (AvgIpc) is 3.35. The van der Waals surface area contributed by atoms with Crippen molar-refractivity contribution in [3.63, 3.8) is 0 Å². The van der Waals surface area contributed by atoms with Gasteiger partial charge in [0.05, 0.1) is 37.7 Å². The van der Waals surface area contributed by atoms with Gasteiger partial charge in [0, 0.05) is 30.9 Å². The third-order valence-electron chi connectivity index (χ3n) is 5.69. The Kier molecular flexibility index (Phi) is 6.52. The molecule has 0 bridgehead atoms. The highest BCUT2D eigenvalue weighted by Crippen LogP contribution is 2.31. The first-order valence-corrected chi connectivity index (χ1v) is 10.5. The third kappa shape index (κ3) is 4.37. The number of ether oxygens (including phenoxy) is 3. The lowest BCUT2D eigenvalue weighted by atomic mass is 10.0. The highest BCUT2D eigenvalue weighted by Gasteiger charge is 2.33. The Labute approximate surface area is 186 Å². The lowest BCUT2D eigenvalue weighted by Crippen LogP contribution is -2.45. The van der Waals surface area contributed by atoms with Crippen LogP contribution in [0.1, 0.15) is 28.8 Å². The second kappa shape index (κ2) is 9.49. The van der Waals surface area contributed by atoms with E-state index in [-0.39, 0.29) is 25.2 Å². The molecule has 4 rings (SSSR count). The first-order chi connectivity index (χ1) is 15.5. The molecule has 1 aromatic carbocycles. The fraction of sp³-hybridized carbons (Fsp3) is 0.455. The molecule has 1 unspecified atom stereocenters. The van der Waals surface area contributed by atoms with Crippen molar-refractivity contribution >= 4 is 5.91 Å². The van der Waals surface area contributed by atoms with Gasteiger partial charge in [0.15, 0.2) is 5.82 Å². The second-order valence-corrected chi connectivity index (χ2v) is 7.73. The molecule has 3 aromatic rings. The van der Waals surface area contributed by atoms with Crippen molar-refractivity contribution in [1.29, 1.82) is 0 Å². The van der Waals surface area contributed by atoms with E-state index in [2.05, 4.69) is 10.2 Å². The summed E-state index contributed by atoms with van der Waals surface area (Å²) in [7, 11) is 3.48. The standard InChI is InChI=1S/C22H28N6O4/c1-15-22(16(2)28(25-15)17-6-5-7-18(10-17)30-4)19-11-31-9-8-27(19)21(29)13-32-12-20-24-23-14-26(20)3/h5-7,10,14,19H,8-9,11-13H2,1-4H3. The molecular formula is C22H28N6O4. The van der Waals surface area contributed by atoms with Crippen LogP contribution in [0, 0.1) is 13.8 Å². The first-order valence-electron chi connectivity index (χ1n) is 10.5.